The molecular weight excluding hydrogens is 300 g/mol. The Morgan fingerprint density at radius 1 is 1.09 bits per heavy atom. The summed E-state index contributed by atoms with van der Waals surface area (Å²) in [5, 5.41) is 18.8. The van der Waals surface area contributed by atoms with Gasteiger partial charge in [-0.25, -0.2) is 4.99 Å². The van der Waals surface area contributed by atoms with E-state index in [1.165, 1.54) is 0 Å². The molecule has 0 aliphatic carbocycles. The Bertz CT molecular complexity index is 873. The predicted molar refractivity (Wildman–Crippen MR) is 83.4 cm³/mol. The van der Waals surface area contributed by atoms with Gasteiger partial charge < -0.3 is 5.11 Å². The lowest BCUT2D eigenvalue weighted by Crippen LogP contribution is -2.06. The van der Waals surface area contributed by atoms with Crippen molar-refractivity contribution in [2.75, 3.05) is 0 Å². The van der Waals surface area contributed by atoms with Crippen molar-refractivity contribution in [1.29, 1.82) is 0 Å². The Balaban J connectivity index is 2.03. The molecule has 0 fully saturated rings. The number of rotatable bonds is 1. The van der Waals surface area contributed by atoms with E-state index in [0.29, 0.717) is 16.6 Å². The van der Waals surface area contributed by atoms with Gasteiger partial charge in [0.25, 0.3) is 0 Å². The summed E-state index contributed by atoms with van der Waals surface area (Å²) in [6.07, 6.45) is 0.484. The number of benzene rings is 2. The van der Waals surface area contributed by atoms with Gasteiger partial charge in [-0.1, -0.05) is 41.9 Å². The third kappa shape index (κ3) is 2.03. The maximum absolute atomic E-state index is 10.4. The third-order valence-electron chi connectivity index (χ3n) is 3.58. The van der Waals surface area contributed by atoms with Crippen LogP contribution < -0.4 is 0 Å². The van der Waals surface area contributed by atoms with Gasteiger partial charge in [0, 0.05) is 16.1 Å². The van der Waals surface area contributed by atoms with Crippen LogP contribution in [0.2, 0.25) is 5.02 Å². The van der Waals surface area contributed by atoms with Crippen molar-refractivity contribution in [3.8, 4) is 5.69 Å². The minimum atomic E-state index is -1.08. The Morgan fingerprint density at radius 3 is 2.73 bits per heavy atom. The molecule has 3 aromatic rings. The topological polar surface area (TPSA) is 63.3 Å². The van der Waals surface area contributed by atoms with Crippen molar-refractivity contribution < 1.29 is 5.11 Å². The van der Waals surface area contributed by atoms with Crippen molar-refractivity contribution in [2.24, 2.45) is 4.99 Å². The first kappa shape index (κ1) is 13.2. The molecule has 22 heavy (non-hydrogen) atoms. The number of fused-ring (bicyclic) bond motifs is 3. The molecule has 1 aliphatic rings. The molecule has 4 rings (SSSR count). The van der Waals surface area contributed by atoms with Crippen LogP contribution in [-0.4, -0.2) is 25.6 Å². The van der Waals surface area contributed by atoms with E-state index >= 15 is 0 Å². The van der Waals surface area contributed by atoms with Crippen LogP contribution in [0.3, 0.4) is 0 Å². The minimum Gasteiger partial charge on any atom is -0.365 e. The number of hydrogen-bond acceptors (Lipinski definition) is 4. The number of nitrogens with zero attached hydrogens (tertiary/aromatic N) is 4. The molecule has 0 spiro atoms. The second-order valence-corrected chi connectivity index (χ2v) is 5.37. The molecule has 0 amide bonds. The first-order valence-corrected chi connectivity index (χ1v) is 7.13. The summed E-state index contributed by atoms with van der Waals surface area (Å²) in [6.45, 7) is 0. The molecule has 2 heterocycles. The lowest BCUT2D eigenvalue weighted by molar-refractivity contribution is 0.177. The Labute approximate surface area is 131 Å². The highest BCUT2D eigenvalue weighted by Gasteiger charge is 2.24. The molecular formula is C16H11ClN4O. The quantitative estimate of drug-likeness (QED) is 0.751. The summed E-state index contributed by atoms with van der Waals surface area (Å²) in [5.74, 6) is 0.384. The van der Waals surface area contributed by atoms with Crippen molar-refractivity contribution in [1.82, 2.24) is 14.8 Å². The van der Waals surface area contributed by atoms with Gasteiger partial charge in [-0.05, 0) is 18.2 Å². The van der Waals surface area contributed by atoms with Crippen LogP contribution in [0.5, 0.6) is 0 Å². The van der Waals surface area contributed by atoms with E-state index in [2.05, 4.69) is 15.2 Å². The second kappa shape index (κ2) is 5.05. The molecule has 0 bridgehead atoms. The summed E-state index contributed by atoms with van der Waals surface area (Å²) in [6, 6.07) is 15.2. The van der Waals surface area contributed by atoms with E-state index in [1.807, 2.05) is 42.5 Å². The van der Waals surface area contributed by atoms with Crippen molar-refractivity contribution in [3.63, 3.8) is 0 Å². The highest BCUT2D eigenvalue weighted by Crippen LogP contribution is 2.29. The number of aliphatic hydroxyl groups excluding tert-OH is 1. The van der Waals surface area contributed by atoms with E-state index in [1.54, 1.807) is 17.0 Å². The van der Waals surface area contributed by atoms with Crippen LogP contribution in [0.4, 0.5) is 0 Å². The number of aromatic nitrogens is 3. The van der Waals surface area contributed by atoms with E-state index in [4.69, 9.17) is 11.6 Å². The molecule has 108 valence electrons. The third-order valence-corrected chi connectivity index (χ3v) is 3.81. The van der Waals surface area contributed by atoms with Crippen LogP contribution in [0.15, 0.2) is 59.9 Å². The van der Waals surface area contributed by atoms with Crippen LogP contribution >= 0.6 is 11.6 Å². The van der Waals surface area contributed by atoms with Crippen LogP contribution in [0.1, 0.15) is 23.2 Å². The molecule has 1 aromatic heterocycles. The SMILES string of the molecule is O[C@H]1N=C(c2ccccc2)c2cc(Cl)ccc2-n2cnnc21. The number of aliphatic hydroxyl groups is 1. The molecule has 6 heteroatoms. The molecule has 0 saturated carbocycles. The van der Waals surface area contributed by atoms with Gasteiger partial charge in [0.1, 0.15) is 6.33 Å². The maximum atomic E-state index is 10.4. The van der Waals surface area contributed by atoms with Crippen LogP contribution in [0, 0.1) is 0 Å². The highest BCUT2D eigenvalue weighted by molar-refractivity contribution is 6.31. The summed E-state index contributed by atoms with van der Waals surface area (Å²) in [7, 11) is 0. The van der Waals surface area contributed by atoms with Crippen molar-refractivity contribution >= 4 is 17.3 Å². The van der Waals surface area contributed by atoms with E-state index < -0.39 is 6.23 Å². The van der Waals surface area contributed by atoms with Crippen LogP contribution in [0.25, 0.3) is 5.69 Å². The molecule has 2 aromatic carbocycles. The molecule has 0 unspecified atom stereocenters. The predicted octanol–water partition coefficient (Wildman–Crippen LogP) is 2.76. The number of halogens is 1. The lowest BCUT2D eigenvalue weighted by Gasteiger charge is -2.11. The number of hydrogen-bond donors (Lipinski definition) is 1. The molecule has 1 N–H and O–H groups in total. The van der Waals surface area contributed by atoms with Gasteiger partial charge >= 0.3 is 0 Å². The standard InChI is InChI=1S/C16H11ClN4O/c17-11-6-7-13-12(8-11)14(10-4-2-1-3-5-10)19-16(22)15-20-18-9-21(13)15/h1-9,16,22H/t16-/m1/s1. The molecule has 0 saturated heterocycles. The Morgan fingerprint density at radius 2 is 1.91 bits per heavy atom. The van der Waals surface area contributed by atoms with E-state index in [0.717, 1.165) is 16.8 Å². The largest absolute Gasteiger partial charge is 0.365 e. The molecule has 1 aliphatic heterocycles. The lowest BCUT2D eigenvalue weighted by atomic mass is 10.0. The monoisotopic (exact) mass is 310 g/mol. The Kier molecular flexibility index (Phi) is 3.03. The average molecular weight is 311 g/mol. The molecule has 0 radical (unpaired) electrons. The fraction of sp³-hybridized carbons (Fsp3) is 0.0625. The van der Waals surface area contributed by atoms with Gasteiger partial charge in [0.2, 0.25) is 6.23 Å². The van der Waals surface area contributed by atoms with Gasteiger partial charge in [0.05, 0.1) is 11.4 Å². The van der Waals surface area contributed by atoms with Gasteiger partial charge in [-0.3, -0.25) is 4.57 Å². The minimum absolute atomic E-state index is 0.384. The molecule has 1 atom stereocenters. The van der Waals surface area contributed by atoms with E-state index in [-0.39, 0.29) is 0 Å². The maximum Gasteiger partial charge on any atom is 0.207 e. The van der Waals surface area contributed by atoms with Crippen molar-refractivity contribution in [3.05, 3.63) is 76.8 Å². The smallest absolute Gasteiger partial charge is 0.207 e. The summed E-state index contributed by atoms with van der Waals surface area (Å²) >= 11 is 6.16. The Hall–Kier alpha value is -2.50. The zero-order valence-corrected chi connectivity index (χ0v) is 12.1. The summed E-state index contributed by atoms with van der Waals surface area (Å²) in [5.41, 5.74) is 3.25. The first-order valence-electron chi connectivity index (χ1n) is 6.75. The number of aliphatic imine (C=N–C) groups is 1. The van der Waals surface area contributed by atoms with Crippen LogP contribution in [-0.2, 0) is 0 Å². The fourth-order valence-electron chi connectivity index (χ4n) is 2.59. The summed E-state index contributed by atoms with van der Waals surface area (Å²) < 4.78 is 1.73. The second-order valence-electron chi connectivity index (χ2n) is 4.94. The normalized spacial score (nSPS) is 16.5. The average Bonchev–Trinajstić information content (AvgIpc) is 2.99. The van der Waals surface area contributed by atoms with Gasteiger partial charge in [-0.15, -0.1) is 10.2 Å². The highest BCUT2D eigenvalue weighted by atomic mass is 35.5. The first-order chi connectivity index (χ1) is 10.7. The zero-order chi connectivity index (χ0) is 15.1. The van der Waals surface area contributed by atoms with Crippen molar-refractivity contribution in [2.45, 2.75) is 6.23 Å². The molecule has 5 nitrogen and oxygen atoms in total. The van der Waals surface area contributed by atoms with Gasteiger partial charge in [-0.2, -0.15) is 0 Å². The van der Waals surface area contributed by atoms with Gasteiger partial charge in [0.15, 0.2) is 5.82 Å². The fourth-order valence-corrected chi connectivity index (χ4v) is 2.76. The summed E-state index contributed by atoms with van der Waals surface area (Å²) in [4.78, 5) is 4.43. The zero-order valence-electron chi connectivity index (χ0n) is 11.4. The van der Waals surface area contributed by atoms with E-state index in [9.17, 15) is 5.11 Å².